The minimum atomic E-state index is 0.232. The molecular formula is C19H30N2. The van der Waals surface area contributed by atoms with Crippen LogP contribution >= 0.6 is 0 Å². The van der Waals surface area contributed by atoms with E-state index < -0.39 is 0 Å². The molecule has 0 amide bonds. The van der Waals surface area contributed by atoms with Gasteiger partial charge in [0.1, 0.15) is 0 Å². The molecule has 2 heteroatoms. The van der Waals surface area contributed by atoms with Gasteiger partial charge in [-0.3, -0.25) is 0 Å². The largest absolute Gasteiger partial charge is 0.223 e. The van der Waals surface area contributed by atoms with Crippen LogP contribution in [0.3, 0.4) is 0 Å². The first kappa shape index (κ1) is 17.7. The van der Waals surface area contributed by atoms with Crippen LogP contribution in [0.2, 0.25) is 0 Å². The van der Waals surface area contributed by atoms with Gasteiger partial charge in [0.05, 0.1) is 17.7 Å². The summed E-state index contributed by atoms with van der Waals surface area (Å²) in [7, 11) is 0. The Morgan fingerprint density at radius 2 is 1.33 bits per heavy atom. The standard InChI is InChI=1S/C19H30N2/c1-12(2)16-9-10-17(21-11-20-15(7)8)19(14(5)6)18(16)13(3)4/h9-10,12-15H,1-8H3. The van der Waals surface area contributed by atoms with Crippen LogP contribution in [0.4, 0.5) is 5.69 Å². The van der Waals surface area contributed by atoms with E-state index in [9.17, 15) is 0 Å². The summed E-state index contributed by atoms with van der Waals surface area (Å²) in [4.78, 5) is 8.73. The quantitative estimate of drug-likeness (QED) is 0.570. The monoisotopic (exact) mass is 286 g/mol. The fourth-order valence-corrected chi connectivity index (χ4v) is 2.69. The van der Waals surface area contributed by atoms with Gasteiger partial charge in [-0.25, -0.2) is 4.99 Å². The Bertz CT molecular complexity index is 531. The van der Waals surface area contributed by atoms with Gasteiger partial charge in [0, 0.05) is 0 Å². The summed E-state index contributed by atoms with van der Waals surface area (Å²) in [5, 5.41) is 0. The predicted molar refractivity (Wildman–Crippen MR) is 93.4 cm³/mol. The number of nitrogens with zero attached hydrogens (tertiary/aromatic N) is 2. The van der Waals surface area contributed by atoms with Gasteiger partial charge in [-0.05, 0) is 54.4 Å². The molecule has 0 aliphatic rings. The Balaban J connectivity index is 3.54. The zero-order valence-electron chi connectivity index (χ0n) is 14.9. The highest BCUT2D eigenvalue weighted by molar-refractivity contribution is 5.62. The van der Waals surface area contributed by atoms with E-state index in [0.717, 1.165) is 5.69 Å². The molecule has 0 saturated carbocycles. The minimum absolute atomic E-state index is 0.232. The van der Waals surface area contributed by atoms with E-state index in [1.54, 1.807) is 0 Å². The van der Waals surface area contributed by atoms with E-state index in [4.69, 9.17) is 0 Å². The second-order valence-corrected chi connectivity index (χ2v) is 6.90. The lowest BCUT2D eigenvalue weighted by Gasteiger charge is -2.23. The molecule has 0 N–H and O–H groups in total. The molecule has 1 aromatic carbocycles. The molecule has 0 unspecified atom stereocenters. The van der Waals surface area contributed by atoms with Crippen molar-refractivity contribution in [1.82, 2.24) is 0 Å². The maximum Gasteiger partial charge on any atom is 0.0951 e. The van der Waals surface area contributed by atoms with Crippen LogP contribution in [0.15, 0.2) is 22.1 Å². The summed E-state index contributed by atoms with van der Waals surface area (Å²) in [6.45, 7) is 17.6. The van der Waals surface area contributed by atoms with Gasteiger partial charge in [-0.1, -0.05) is 47.6 Å². The highest BCUT2D eigenvalue weighted by Gasteiger charge is 2.19. The van der Waals surface area contributed by atoms with Gasteiger partial charge in [0.15, 0.2) is 0 Å². The molecule has 0 saturated heterocycles. The van der Waals surface area contributed by atoms with Gasteiger partial charge in [-0.2, -0.15) is 4.99 Å². The molecule has 0 heterocycles. The molecule has 116 valence electrons. The summed E-state index contributed by atoms with van der Waals surface area (Å²) in [5.74, 6) is 1.47. The van der Waals surface area contributed by atoms with Crippen molar-refractivity contribution < 1.29 is 0 Å². The van der Waals surface area contributed by atoms with Gasteiger partial charge in [-0.15, -0.1) is 0 Å². The Morgan fingerprint density at radius 3 is 1.76 bits per heavy atom. The summed E-state index contributed by atoms with van der Waals surface area (Å²) >= 11 is 0. The van der Waals surface area contributed by atoms with Crippen LogP contribution in [0.1, 0.15) is 89.8 Å². The van der Waals surface area contributed by atoms with Crippen LogP contribution in [-0.2, 0) is 0 Å². The molecule has 0 aromatic heterocycles. The lowest BCUT2D eigenvalue weighted by Crippen LogP contribution is -2.05. The van der Waals surface area contributed by atoms with E-state index in [1.807, 2.05) is 13.8 Å². The molecule has 0 aliphatic carbocycles. The molecule has 0 fully saturated rings. The lowest BCUT2D eigenvalue weighted by molar-refractivity contribution is 0.749. The second kappa shape index (κ2) is 7.56. The van der Waals surface area contributed by atoms with Crippen molar-refractivity contribution in [2.45, 2.75) is 79.2 Å². The van der Waals surface area contributed by atoms with Crippen molar-refractivity contribution in [2.24, 2.45) is 9.98 Å². The number of benzene rings is 1. The van der Waals surface area contributed by atoms with E-state index in [2.05, 4.69) is 69.7 Å². The predicted octanol–water partition coefficient (Wildman–Crippen LogP) is 6.27. The molecule has 0 radical (unpaired) electrons. The summed E-state index contributed by atoms with van der Waals surface area (Å²) in [6.07, 6.45) is 0. The zero-order valence-corrected chi connectivity index (χ0v) is 14.9. The van der Waals surface area contributed by atoms with E-state index in [-0.39, 0.29) is 6.04 Å². The maximum absolute atomic E-state index is 4.49. The second-order valence-electron chi connectivity index (χ2n) is 6.90. The normalized spacial score (nSPS) is 11.4. The van der Waals surface area contributed by atoms with Crippen molar-refractivity contribution in [3.05, 3.63) is 28.8 Å². The Labute approximate surface area is 130 Å². The molecular weight excluding hydrogens is 256 g/mol. The van der Waals surface area contributed by atoms with Gasteiger partial charge in [0.25, 0.3) is 0 Å². The maximum atomic E-state index is 4.49. The number of hydrogen-bond donors (Lipinski definition) is 0. The molecule has 0 aliphatic heterocycles. The smallest absolute Gasteiger partial charge is 0.0951 e. The van der Waals surface area contributed by atoms with E-state index in [1.165, 1.54) is 16.7 Å². The van der Waals surface area contributed by atoms with Gasteiger partial charge >= 0.3 is 0 Å². The minimum Gasteiger partial charge on any atom is -0.223 e. The molecule has 0 atom stereocenters. The average molecular weight is 286 g/mol. The van der Waals surface area contributed by atoms with Crippen LogP contribution in [-0.4, -0.2) is 12.1 Å². The molecule has 21 heavy (non-hydrogen) atoms. The third-order valence-corrected chi connectivity index (χ3v) is 3.56. The third-order valence-electron chi connectivity index (χ3n) is 3.56. The Hall–Kier alpha value is -1.40. The van der Waals surface area contributed by atoms with Crippen LogP contribution in [0.5, 0.6) is 0 Å². The third kappa shape index (κ3) is 4.54. The summed E-state index contributed by atoms with van der Waals surface area (Å²) < 4.78 is 0. The molecule has 1 rings (SSSR count). The van der Waals surface area contributed by atoms with Crippen LogP contribution in [0.25, 0.3) is 0 Å². The van der Waals surface area contributed by atoms with Crippen molar-refractivity contribution in [3.8, 4) is 0 Å². The van der Waals surface area contributed by atoms with Gasteiger partial charge < -0.3 is 0 Å². The first-order valence-corrected chi connectivity index (χ1v) is 8.07. The fraction of sp³-hybridized carbons (Fsp3) is 0.632. The van der Waals surface area contributed by atoms with Crippen molar-refractivity contribution in [2.75, 3.05) is 0 Å². The first-order valence-electron chi connectivity index (χ1n) is 8.07. The van der Waals surface area contributed by atoms with Gasteiger partial charge in [0.2, 0.25) is 0 Å². The van der Waals surface area contributed by atoms with Crippen LogP contribution in [0, 0.1) is 0 Å². The molecule has 2 nitrogen and oxygen atoms in total. The topological polar surface area (TPSA) is 24.7 Å². The number of hydrogen-bond acceptors (Lipinski definition) is 2. The van der Waals surface area contributed by atoms with E-state index in [0.29, 0.717) is 17.8 Å². The summed E-state index contributed by atoms with van der Waals surface area (Å²) in [5.41, 5.74) is 5.26. The Kier molecular flexibility index (Phi) is 6.36. The number of rotatable bonds is 5. The van der Waals surface area contributed by atoms with Crippen molar-refractivity contribution in [1.29, 1.82) is 0 Å². The highest BCUT2D eigenvalue weighted by atomic mass is 14.8. The zero-order chi connectivity index (χ0) is 16.2. The SMILES string of the molecule is CC(C)N=C=Nc1ccc(C(C)C)c(C(C)C)c1C(C)C. The first-order chi connectivity index (χ1) is 9.75. The van der Waals surface area contributed by atoms with Crippen molar-refractivity contribution >= 4 is 11.7 Å². The highest BCUT2D eigenvalue weighted by Crippen LogP contribution is 2.38. The Morgan fingerprint density at radius 1 is 0.762 bits per heavy atom. The fourth-order valence-electron chi connectivity index (χ4n) is 2.69. The number of aliphatic imine (C=N–C) groups is 2. The molecule has 0 spiro atoms. The molecule has 1 aromatic rings. The summed E-state index contributed by atoms with van der Waals surface area (Å²) in [6, 6.07) is 7.44. The van der Waals surface area contributed by atoms with Crippen LogP contribution < -0.4 is 0 Å². The lowest BCUT2D eigenvalue weighted by atomic mass is 9.82. The van der Waals surface area contributed by atoms with E-state index >= 15 is 0 Å². The average Bonchev–Trinajstić information content (AvgIpc) is 2.36. The van der Waals surface area contributed by atoms with Crippen molar-refractivity contribution in [3.63, 3.8) is 0 Å². The molecule has 0 bridgehead atoms.